The molecule has 1 aliphatic heterocycles. The van der Waals surface area contributed by atoms with Gasteiger partial charge in [0.1, 0.15) is 5.82 Å². The predicted molar refractivity (Wildman–Crippen MR) is 70.1 cm³/mol. The molecule has 1 atom stereocenters. The molecule has 0 aromatic carbocycles. The van der Waals surface area contributed by atoms with Gasteiger partial charge in [-0.1, -0.05) is 13.0 Å². The van der Waals surface area contributed by atoms with E-state index in [1.165, 1.54) is 30.6 Å². The minimum absolute atomic E-state index is 0.764. The highest BCUT2D eigenvalue weighted by molar-refractivity contribution is 5.47. The van der Waals surface area contributed by atoms with Crippen molar-refractivity contribution in [1.82, 2.24) is 10.3 Å². The van der Waals surface area contributed by atoms with Gasteiger partial charge in [-0.2, -0.15) is 0 Å². The largest absolute Gasteiger partial charge is 0.356 e. The molecule has 1 aromatic heterocycles. The highest BCUT2D eigenvalue weighted by Crippen LogP contribution is 2.26. The highest BCUT2D eigenvalue weighted by atomic mass is 15.2. The molecular formula is C14H21N3. The van der Waals surface area contributed by atoms with E-state index < -0.39 is 0 Å². The average molecular weight is 231 g/mol. The predicted octanol–water partition coefficient (Wildman–Crippen LogP) is 2.18. The second kappa shape index (κ2) is 4.65. The van der Waals surface area contributed by atoms with Crippen molar-refractivity contribution in [2.24, 2.45) is 5.92 Å². The Morgan fingerprint density at radius 1 is 1.41 bits per heavy atom. The molecule has 2 fully saturated rings. The van der Waals surface area contributed by atoms with Crippen LogP contribution in [0.15, 0.2) is 18.3 Å². The molecule has 0 bridgehead atoms. The molecule has 2 aliphatic rings. The van der Waals surface area contributed by atoms with Crippen molar-refractivity contribution in [1.29, 1.82) is 0 Å². The van der Waals surface area contributed by atoms with Crippen molar-refractivity contribution >= 4 is 5.82 Å². The number of hydrogen-bond acceptors (Lipinski definition) is 3. The maximum absolute atomic E-state index is 4.58. The van der Waals surface area contributed by atoms with Gasteiger partial charge in [0.15, 0.2) is 0 Å². The summed E-state index contributed by atoms with van der Waals surface area (Å²) in [6.45, 7) is 5.62. The number of pyridine rings is 1. The van der Waals surface area contributed by atoms with E-state index in [1.807, 2.05) is 12.3 Å². The fraction of sp³-hybridized carbons (Fsp3) is 0.643. The second-order valence-electron chi connectivity index (χ2n) is 5.48. The molecule has 17 heavy (non-hydrogen) atoms. The first kappa shape index (κ1) is 11.0. The summed E-state index contributed by atoms with van der Waals surface area (Å²) in [6.07, 6.45) is 5.90. The van der Waals surface area contributed by atoms with E-state index in [1.54, 1.807) is 0 Å². The topological polar surface area (TPSA) is 28.2 Å². The molecule has 1 saturated carbocycles. The smallest absolute Gasteiger partial charge is 0.133 e. The summed E-state index contributed by atoms with van der Waals surface area (Å²) in [6, 6.07) is 5.02. The SMILES string of the molecule is CC1CCN(c2ncccc2CNC2CC2)C1. The van der Waals surface area contributed by atoms with Crippen molar-refractivity contribution in [2.45, 2.75) is 38.8 Å². The molecular weight excluding hydrogens is 210 g/mol. The van der Waals surface area contributed by atoms with Gasteiger partial charge in [0.2, 0.25) is 0 Å². The lowest BCUT2D eigenvalue weighted by molar-refractivity contribution is 0.656. The summed E-state index contributed by atoms with van der Waals surface area (Å²) in [7, 11) is 0. The molecule has 1 aliphatic carbocycles. The third-order valence-corrected chi connectivity index (χ3v) is 3.75. The summed E-state index contributed by atoms with van der Waals surface area (Å²) < 4.78 is 0. The lowest BCUT2D eigenvalue weighted by Crippen LogP contribution is -2.24. The molecule has 3 rings (SSSR count). The Bertz CT molecular complexity index is 387. The normalized spacial score (nSPS) is 24.3. The van der Waals surface area contributed by atoms with Crippen molar-refractivity contribution < 1.29 is 0 Å². The van der Waals surface area contributed by atoms with E-state index in [9.17, 15) is 0 Å². The van der Waals surface area contributed by atoms with Gasteiger partial charge < -0.3 is 10.2 Å². The van der Waals surface area contributed by atoms with Gasteiger partial charge in [-0.15, -0.1) is 0 Å². The summed E-state index contributed by atoms with van der Waals surface area (Å²) in [5.41, 5.74) is 1.36. The lowest BCUT2D eigenvalue weighted by Gasteiger charge is -2.20. The van der Waals surface area contributed by atoms with Crippen LogP contribution in [-0.4, -0.2) is 24.1 Å². The van der Waals surface area contributed by atoms with Crippen LogP contribution >= 0.6 is 0 Å². The molecule has 1 unspecified atom stereocenters. The fourth-order valence-electron chi connectivity index (χ4n) is 2.52. The minimum Gasteiger partial charge on any atom is -0.356 e. The Morgan fingerprint density at radius 2 is 2.29 bits per heavy atom. The van der Waals surface area contributed by atoms with E-state index in [4.69, 9.17) is 0 Å². The van der Waals surface area contributed by atoms with Crippen LogP contribution in [0.5, 0.6) is 0 Å². The summed E-state index contributed by atoms with van der Waals surface area (Å²) in [4.78, 5) is 7.02. The van der Waals surface area contributed by atoms with Crippen molar-refractivity contribution in [3.05, 3.63) is 23.9 Å². The summed E-state index contributed by atoms with van der Waals surface area (Å²) >= 11 is 0. The van der Waals surface area contributed by atoms with Gasteiger partial charge >= 0.3 is 0 Å². The molecule has 1 N–H and O–H groups in total. The number of nitrogens with zero attached hydrogens (tertiary/aromatic N) is 2. The molecule has 2 heterocycles. The monoisotopic (exact) mass is 231 g/mol. The number of nitrogens with one attached hydrogen (secondary N) is 1. The standard InChI is InChI=1S/C14H21N3/c1-11-6-8-17(10-11)14-12(3-2-7-15-14)9-16-13-4-5-13/h2-3,7,11,13,16H,4-6,8-10H2,1H3. The van der Waals surface area contributed by atoms with Crippen LogP contribution in [0.3, 0.4) is 0 Å². The van der Waals surface area contributed by atoms with Crippen LogP contribution in [0, 0.1) is 5.92 Å². The quantitative estimate of drug-likeness (QED) is 0.861. The first-order valence-electron chi connectivity index (χ1n) is 6.75. The van der Waals surface area contributed by atoms with Gasteiger partial charge in [-0.05, 0) is 31.2 Å². The number of rotatable bonds is 4. The Labute approximate surface area is 103 Å². The van der Waals surface area contributed by atoms with Crippen LogP contribution < -0.4 is 10.2 Å². The third kappa shape index (κ3) is 2.60. The Hall–Kier alpha value is -1.09. The number of anilines is 1. The van der Waals surface area contributed by atoms with Crippen LogP contribution in [-0.2, 0) is 6.54 Å². The van der Waals surface area contributed by atoms with Gasteiger partial charge in [0.25, 0.3) is 0 Å². The maximum Gasteiger partial charge on any atom is 0.133 e. The van der Waals surface area contributed by atoms with Gasteiger partial charge in [0, 0.05) is 37.4 Å². The molecule has 1 aromatic rings. The number of aromatic nitrogens is 1. The molecule has 1 saturated heterocycles. The van der Waals surface area contributed by atoms with E-state index in [-0.39, 0.29) is 0 Å². The summed E-state index contributed by atoms with van der Waals surface area (Å²) in [5.74, 6) is 2.01. The molecule has 3 heteroatoms. The first-order valence-corrected chi connectivity index (χ1v) is 6.75. The summed E-state index contributed by atoms with van der Waals surface area (Å²) in [5, 5.41) is 3.58. The average Bonchev–Trinajstić information content (AvgIpc) is 3.08. The van der Waals surface area contributed by atoms with Gasteiger partial charge in [-0.3, -0.25) is 0 Å². The number of hydrogen-bond donors (Lipinski definition) is 1. The molecule has 0 radical (unpaired) electrons. The van der Waals surface area contributed by atoms with Crippen LogP contribution in [0.1, 0.15) is 31.7 Å². The zero-order valence-corrected chi connectivity index (χ0v) is 10.5. The Balaban J connectivity index is 1.72. The molecule has 92 valence electrons. The van der Waals surface area contributed by atoms with Crippen LogP contribution in [0.25, 0.3) is 0 Å². The first-order chi connectivity index (χ1) is 8.33. The fourth-order valence-corrected chi connectivity index (χ4v) is 2.52. The van der Waals surface area contributed by atoms with E-state index in [0.29, 0.717) is 0 Å². The zero-order chi connectivity index (χ0) is 11.7. The molecule has 0 spiro atoms. The maximum atomic E-state index is 4.58. The van der Waals surface area contributed by atoms with E-state index in [0.717, 1.165) is 31.6 Å². The second-order valence-corrected chi connectivity index (χ2v) is 5.48. The molecule has 0 amide bonds. The van der Waals surface area contributed by atoms with Gasteiger partial charge in [0.05, 0.1) is 0 Å². The minimum atomic E-state index is 0.764. The van der Waals surface area contributed by atoms with Crippen molar-refractivity contribution in [2.75, 3.05) is 18.0 Å². The van der Waals surface area contributed by atoms with E-state index >= 15 is 0 Å². The Kier molecular flexibility index (Phi) is 3.02. The van der Waals surface area contributed by atoms with Gasteiger partial charge in [-0.25, -0.2) is 4.98 Å². The highest BCUT2D eigenvalue weighted by Gasteiger charge is 2.24. The molecule has 3 nitrogen and oxygen atoms in total. The van der Waals surface area contributed by atoms with Crippen LogP contribution in [0.4, 0.5) is 5.82 Å². The Morgan fingerprint density at radius 3 is 3.00 bits per heavy atom. The van der Waals surface area contributed by atoms with Crippen molar-refractivity contribution in [3.63, 3.8) is 0 Å². The third-order valence-electron chi connectivity index (χ3n) is 3.75. The van der Waals surface area contributed by atoms with E-state index in [2.05, 4.69) is 28.2 Å². The zero-order valence-electron chi connectivity index (χ0n) is 10.5. The lowest BCUT2D eigenvalue weighted by atomic mass is 10.2. The van der Waals surface area contributed by atoms with Crippen molar-refractivity contribution in [3.8, 4) is 0 Å². The van der Waals surface area contributed by atoms with Crippen LogP contribution in [0.2, 0.25) is 0 Å².